The summed E-state index contributed by atoms with van der Waals surface area (Å²) in [5, 5.41) is 13.4. The van der Waals surface area contributed by atoms with Gasteiger partial charge in [-0.3, -0.25) is 4.79 Å². The summed E-state index contributed by atoms with van der Waals surface area (Å²) in [6, 6.07) is 18.3. The van der Waals surface area contributed by atoms with Crippen LogP contribution in [0.1, 0.15) is 33.8 Å². The van der Waals surface area contributed by atoms with Crippen molar-refractivity contribution >= 4 is 29.1 Å². The van der Waals surface area contributed by atoms with Gasteiger partial charge in [0.15, 0.2) is 0 Å². The highest BCUT2D eigenvalue weighted by atomic mass is 35.5. The molecule has 0 spiro atoms. The lowest BCUT2D eigenvalue weighted by atomic mass is 9.88. The lowest BCUT2D eigenvalue weighted by Crippen LogP contribution is -2.26. The first-order chi connectivity index (χ1) is 13.0. The van der Waals surface area contributed by atoms with Gasteiger partial charge in [-0.2, -0.15) is 0 Å². The molecule has 27 heavy (non-hydrogen) atoms. The van der Waals surface area contributed by atoms with Crippen molar-refractivity contribution in [3.8, 4) is 5.88 Å². The number of halogens is 2. The number of aromatic hydroxyl groups is 1. The molecule has 0 unspecified atom stereocenters. The molecule has 6 heteroatoms. The Kier molecular flexibility index (Phi) is 6.32. The first-order valence-electron chi connectivity index (χ1n) is 8.47. The lowest BCUT2D eigenvalue weighted by molar-refractivity contribution is 0.0952. The van der Waals surface area contributed by atoms with Crippen LogP contribution in [0.25, 0.3) is 0 Å². The van der Waals surface area contributed by atoms with E-state index in [2.05, 4.69) is 10.3 Å². The topological polar surface area (TPSA) is 62.2 Å². The molecule has 0 aliphatic carbocycles. The summed E-state index contributed by atoms with van der Waals surface area (Å²) in [5.41, 5.74) is 2.52. The second kappa shape index (κ2) is 8.89. The molecule has 0 saturated heterocycles. The molecule has 3 rings (SSSR count). The van der Waals surface area contributed by atoms with Crippen LogP contribution in [0.4, 0.5) is 0 Å². The molecule has 2 aromatic carbocycles. The quantitative estimate of drug-likeness (QED) is 0.608. The number of aromatic nitrogens is 1. The van der Waals surface area contributed by atoms with Gasteiger partial charge >= 0.3 is 0 Å². The third kappa shape index (κ3) is 5.22. The molecule has 0 atom stereocenters. The number of nitrogens with one attached hydrogen (secondary N) is 1. The number of hydrogen-bond acceptors (Lipinski definition) is 3. The van der Waals surface area contributed by atoms with Gasteiger partial charge in [0, 0.05) is 34.8 Å². The number of rotatable bonds is 6. The second-order valence-electron chi connectivity index (χ2n) is 6.11. The Morgan fingerprint density at radius 1 is 1.00 bits per heavy atom. The van der Waals surface area contributed by atoms with Gasteiger partial charge in [0.2, 0.25) is 5.88 Å². The minimum absolute atomic E-state index is 0.0423. The maximum atomic E-state index is 12.2. The molecule has 0 aliphatic rings. The Morgan fingerprint density at radius 2 is 1.63 bits per heavy atom. The summed E-state index contributed by atoms with van der Waals surface area (Å²) >= 11 is 12.3. The fourth-order valence-electron chi connectivity index (χ4n) is 2.92. The molecule has 138 valence electrons. The summed E-state index contributed by atoms with van der Waals surface area (Å²) in [4.78, 5) is 16.0. The Hall–Kier alpha value is -2.56. The second-order valence-corrected chi connectivity index (χ2v) is 6.99. The molecule has 0 radical (unpaired) electrons. The predicted octanol–water partition coefficient (Wildman–Crippen LogP) is 5.05. The van der Waals surface area contributed by atoms with Crippen LogP contribution in [-0.4, -0.2) is 22.5 Å². The van der Waals surface area contributed by atoms with E-state index in [0.717, 1.165) is 11.1 Å². The minimum atomic E-state index is -0.238. The van der Waals surface area contributed by atoms with Gasteiger partial charge in [0.05, 0.1) is 5.56 Å². The summed E-state index contributed by atoms with van der Waals surface area (Å²) in [7, 11) is 0. The molecule has 0 fully saturated rings. The SMILES string of the molecule is O=C(NCCC(c1cccc(Cl)c1)c1cccc(Cl)c1)c1ccc(O)nc1. The summed E-state index contributed by atoms with van der Waals surface area (Å²) in [6.07, 6.45) is 2.02. The fourth-order valence-corrected chi connectivity index (χ4v) is 3.32. The van der Waals surface area contributed by atoms with Crippen molar-refractivity contribution in [3.63, 3.8) is 0 Å². The molecular weight excluding hydrogens is 383 g/mol. The molecule has 2 N–H and O–H groups in total. The average Bonchev–Trinajstić information content (AvgIpc) is 2.65. The number of carbonyl (C=O) groups is 1. The standard InChI is InChI=1S/C21H18Cl2N2O2/c22-17-5-1-3-14(11-17)19(15-4-2-6-18(23)12-15)9-10-24-21(27)16-7-8-20(26)25-13-16/h1-8,11-13,19H,9-10H2,(H,24,27)(H,25,26). The lowest BCUT2D eigenvalue weighted by Gasteiger charge is -2.19. The monoisotopic (exact) mass is 400 g/mol. The largest absolute Gasteiger partial charge is 0.493 e. The van der Waals surface area contributed by atoms with Gasteiger partial charge in [0.1, 0.15) is 0 Å². The van der Waals surface area contributed by atoms with Crippen LogP contribution in [-0.2, 0) is 0 Å². The number of pyridine rings is 1. The van der Waals surface area contributed by atoms with E-state index >= 15 is 0 Å². The van der Waals surface area contributed by atoms with Crippen molar-refractivity contribution in [2.24, 2.45) is 0 Å². The molecule has 1 amide bonds. The van der Waals surface area contributed by atoms with Crippen LogP contribution < -0.4 is 5.32 Å². The van der Waals surface area contributed by atoms with E-state index in [9.17, 15) is 9.90 Å². The summed E-state index contributed by atoms with van der Waals surface area (Å²) in [5.74, 6) is -0.312. The molecule has 0 saturated carbocycles. The van der Waals surface area contributed by atoms with E-state index in [1.165, 1.54) is 18.3 Å². The summed E-state index contributed by atoms with van der Waals surface area (Å²) in [6.45, 7) is 0.462. The van der Waals surface area contributed by atoms with Gasteiger partial charge in [-0.15, -0.1) is 0 Å². The van der Waals surface area contributed by atoms with E-state index in [-0.39, 0.29) is 17.7 Å². The van der Waals surface area contributed by atoms with Crippen molar-refractivity contribution in [1.82, 2.24) is 10.3 Å². The van der Waals surface area contributed by atoms with Crippen molar-refractivity contribution in [1.29, 1.82) is 0 Å². The first kappa shape index (κ1) is 19.2. The molecule has 1 aromatic heterocycles. The molecule has 1 heterocycles. The Morgan fingerprint density at radius 3 is 2.15 bits per heavy atom. The van der Waals surface area contributed by atoms with Gasteiger partial charge in [0.25, 0.3) is 5.91 Å². The van der Waals surface area contributed by atoms with Crippen molar-refractivity contribution in [2.45, 2.75) is 12.3 Å². The van der Waals surface area contributed by atoms with Crippen LogP contribution >= 0.6 is 23.2 Å². The normalized spacial score (nSPS) is 10.8. The smallest absolute Gasteiger partial charge is 0.252 e. The molecule has 4 nitrogen and oxygen atoms in total. The maximum absolute atomic E-state index is 12.2. The van der Waals surface area contributed by atoms with Crippen LogP contribution in [0.3, 0.4) is 0 Å². The van der Waals surface area contributed by atoms with Crippen molar-refractivity contribution in [2.75, 3.05) is 6.54 Å². The summed E-state index contributed by atoms with van der Waals surface area (Å²) < 4.78 is 0. The zero-order chi connectivity index (χ0) is 19.2. The third-order valence-corrected chi connectivity index (χ3v) is 4.70. The van der Waals surface area contributed by atoms with E-state index in [4.69, 9.17) is 23.2 Å². The number of amides is 1. The number of benzene rings is 2. The van der Waals surface area contributed by atoms with Crippen molar-refractivity contribution < 1.29 is 9.90 Å². The van der Waals surface area contributed by atoms with E-state index < -0.39 is 0 Å². The number of nitrogens with zero attached hydrogens (tertiary/aromatic N) is 1. The molecule has 0 bridgehead atoms. The van der Waals surface area contributed by atoms with Gasteiger partial charge < -0.3 is 10.4 Å². The van der Waals surface area contributed by atoms with E-state index in [0.29, 0.717) is 28.6 Å². The zero-order valence-corrected chi connectivity index (χ0v) is 15.9. The Labute approximate surface area is 167 Å². The molecule has 3 aromatic rings. The Bertz CT molecular complexity index is 884. The highest BCUT2D eigenvalue weighted by Crippen LogP contribution is 2.30. The highest BCUT2D eigenvalue weighted by molar-refractivity contribution is 6.31. The zero-order valence-electron chi connectivity index (χ0n) is 14.4. The predicted molar refractivity (Wildman–Crippen MR) is 108 cm³/mol. The van der Waals surface area contributed by atoms with E-state index in [1.807, 2.05) is 48.5 Å². The fraction of sp³-hybridized carbons (Fsp3) is 0.143. The van der Waals surface area contributed by atoms with E-state index in [1.54, 1.807) is 0 Å². The van der Waals surface area contributed by atoms with Gasteiger partial charge in [-0.25, -0.2) is 4.98 Å². The molecule has 0 aliphatic heterocycles. The molecular formula is C21H18Cl2N2O2. The first-order valence-corrected chi connectivity index (χ1v) is 9.22. The number of carbonyl (C=O) groups excluding carboxylic acids is 1. The maximum Gasteiger partial charge on any atom is 0.252 e. The highest BCUT2D eigenvalue weighted by Gasteiger charge is 2.16. The van der Waals surface area contributed by atoms with Crippen LogP contribution in [0.2, 0.25) is 10.0 Å². The third-order valence-electron chi connectivity index (χ3n) is 4.23. The van der Waals surface area contributed by atoms with Crippen LogP contribution in [0.15, 0.2) is 66.9 Å². The number of hydrogen-bond donors (Lipinski definition) is 2. The van der Waals surface area contributed by atoms with Gasteiger partial charge in [-0.05, 0) is 47.9 Å². The van der Waals surface area contributed by atoms with Crippen LogP contribution in [0, 0.1) is 0 Å². The van der Waals surface area contributed by atoms with Crippen molar-refractivity contribution in [3.05, 3.63) is 93.6 Å². The Balaban J connectivity index is 1.74. The van der Waals surface area contributed by atoms with Crippen LogP contribution in [0.5, 0.6) is 5.88 Å². The van der Waals surface area contributed by atoms with Gasteiger partial charge in [-0.1, -0.05) is 47.5 Å². The average molecular weight is 401 g/mol. The minimum Gasteiger partial charge on any atom is -0.493 e.